The molecule has 0 spiro atoms. The maximum absolute atomic E-state index is 14.1. The molecule has 2 heterocycles. The lowest BCUT2D eigenvalue weighted by Gasteiger charge is -2.26. The van der Waals surface area contributed by atoms with E-state index in [1.165, 1.54) is 6.07 Å². The van der Waals surface area contributed by atoms with Crippen molar-refractivity contribution in [2.45, 2.75) is 27.3 Å². The third-order valence-electron chi connectivity index (χ3n) is 5.45. The summed E-state index contributed by atoms with van der Waals surface area (Å²) in [6.45, 7) is 11.0. The van der Waals surface area contributed by atoms with Gasteiger partial charge in [-0.15, -0.1) is 0 Å². The van der Waals surface area contributed by atoms with Crippen LogP contribution >= 0.6 is 0 Å². The molecule has 1 fully saturated rings. The van der Waals surface area contributed by atoms with Crippen molar-refractivity contribution in [1.82, 2.24) is 14.8 Å². The van der Waals surface area contributed by atoms with Gasteiger partial charge in [-0.2, -0.15) is 0 Å². The highest BCUT2D eigenvalue weighted by Crippen LogP contribution is 2.23. The van der Waals surface area contributed by atoms with E-state index in [4.69, 9.17) is 4.74 Å². The Labute approximate surface area is 160 Å². The molecular formula is C21H28FN3O2. The molecule has 6 heteroatoms. The van der Waals surface area contributed by atoms with Gasteiger partial charge in [0.1, 0.15) is 11.5 Å². The fourth-order valence-electron chi connectivity index (χ4n) is 3.55. The summed E-state index contributed by atoms with van der Waals surface area (Å²) in [4.78, 5) is 15.2. The van der Waals surface area contributed by atoms with E-state index in [-0.39, 0.29) is 11.7 Å². The minimum atomic E-state index is -0.250. The zero-order chi connectivity index (χ0) is 19.4. The number of ether oxygens (including phenoxy) is 1. The highest BCUT2D eigenvalue weighted by Gasteiger charge is 2.21. The van der Waals surface area contributed by atoms with Gasteiger partial charge in [-0.1, -0.05) is 18.2 Å². The van der Waals surface area contributed by atoms with Crippen LogP contribution in [0.4, 0.5) is 4.39 Å². The van der Waals surface area contributed by atoms with Crippen molar-refractivity contribution in [1.29, 1.82) is 0 Å². The Hall–Kier alpha value is -2.18. The van der Waals surface area contributed by atoms with Gasteiger partial charge < -0.3 is 14.6 Å². The molecule has 0 bridgehead atoms. The summed E-state index contributed by atoms with van der Waals surface area (Å²) in [5.74, 6) is -0.354. The summed E-state index contributed by atoms with van der Waals surface area (Å²) in [6, 6.07) is 6.71. The van der Waals surface area contributed by atoms with Crippen molar-refractivity contribution < 1.29 is 13.9 Å². The maximum Gasteiger partial charge on any atom is 0.268 e. The molecule has 1 aromatic heterocycles. The summed E-state index contributed by atoms with van der Waals surface area (Å²) in [5.41, 5.74) is 4.22. The standard InChI is InChI=1S/C21H28FN3O2/c1-15-16(2)20(21(26)23-8-9-24-10-12-27-13-11-24)25(17(15)3)14-18-6-4-5-7-19(18)22/h4-7H,8-14H2,1-3H3,(H,23,26). The monoisotopic (exact) mass is 373 g/mol. The molecule has 5 nitrogen and oxygen atoms in total. The fraction of sp³-hybridized carbons (Fsp3) is 0.476. The summed E-state index contributed by atoms with van der Waals surface area (Å²) in [6.07, 6.45) is 0. The minimum Gasteiger partial charge on any atom is -0.379 e. The van der Waals surface area contributed by atoms with Gasteiger partial charge in [0.05, 0.1) is 19.8 Å². The molecule has 0 radical (unpaired) electrons. The first-order valence-electron chi connectivity index (χ1n) is 9.47. The van der Waals surface area contributed by atoms with Crippen molar-refractivity contribution in [3.05, 3.63) is 58.2 Å². The van der Waals surface area contributed by atoms with E-state index < -0.39 is 0 Å². The average Bonchev–Trinajstić information content (AvgIpc) is 2.88. The number of carbonyl (C=O) groups is 1. The molecular weight excluding hydrogens is 345 g/mol. The van der Waals surface area contributed by atoms with Gasteiger partial charge in [0, 0.05) is 37.4 Å². The fourth-order valence-corrected chi connectivity index (χ4v) is 3.55. The van der Waals surface area contributed by atoms with E-state index >= 15 is 0 Å². The molecule has 3 rings (SSSR count). The number of carbonyl (C=O) groups excluding carboxylic acids is 1. The van der Waals surface area contributed by atoms with Gasteiger partial charge >= 0.3 is 0 Å². The van der Waals surface area contributed by atoms with Crippen LogP contribution in [0.3, 0.4) is 0 Å². The lowest BCUT2D eigenvalue weighted by atomic mass is 10.1. The minimum absolute atomic E-state index is 0.103. The van der Waals surface area contributed by atoms with E-state index in [2.05, 4.69) is 10.2 Å². The number of halogens is 1. The first-order valence-corrected chi connectivity index (χ1v) is 9.47. The molecule has 1 aromatic carbocycles. The molecule has 27 heavy (non-hydrogen) atoms. The molecule has 146 valence electrons. The normalized spacial score (nSPS) is 15.1. The van der Waals surface area contributed by atoms with Crippen molar-refractivity contribution in [2.75, 3.05) is 39.4 Å². The predicted octanol–water partition coefficient (Wildman–Crippen LogP) is 2.66. The highest BCUT2D eigenvalue weighted by molar-refractivity contribution is 5.95. The SMILES string of the molecule is Cc1c(C)c(C(=O)NCCN2CCOCC2)n(Cc2ccccc2F)c1C. The largest absolute Gasteiger partial charge is 0.379 e. The zero-order valence-corrected chi connectivity index (χ0v) is 16.3. The quantitative estimate of drug-likeness (QED) is 0.847. The Kier molecular flexibility index (Phi) is 6.29. The second-order valence-corrected chi connectivity index (χ2v) is 7.07. The number of hydrogen-bond donors (Lipinski definition) is 1. The average molecular weight is 373 g/mol. The van der Waals surface area contributed by atoms with Crippen LogP contribution in [0, 0.1) is 26.6 Å². The van der Waals surface area contributed by atoms with E-state index in [1.807, 2.05) is 31.4 Å². The number of nitrogens with zero attached hydrogens (tertiary/aromatic N) is 2. The van der Waals surface area contributed by atoms with Crippen molar-refractivity contribution in [2.24, 2.45) is 0 Å². The third-order valence-corrected chi connectivity index (χ3v) is 5.45. The Morgan fingerprint density at radius 3 is 2.56 bits per heavy atom. The second-order valence-electron chi connectivity index (χ2n) is 7.07. The first kappa shape index (κ1) is 19.6. The molecule has 1 N–H and O–H groups in total. The smallest absolute Gasteiger partial charge is 0.268 e. The molecule has 0 atom stereocenters. The second kappa shape index (κ2) is 8.67. The van der Waals surface area contributed by atoms with Crippen LogP contribution in [-0.4, -0.2) is 54.8 Å². The summed E-state index contributed by atoms with van der Waals surface area (Å²) >= 11 is 0. The van der Waals surface area contributed by atoms with Crippen LogP contribution in [0.2, 0.25) is 0 Å². The molecule has 0 saturated carbocycles. The lowest BCUT2D eigenvalue weighted by Crippen LogP contribution is -2.41. The molecule has 0 unspecified atom stereocenters. The molecule has 1 aliphatic heterocycles. The number of nitrogens with one attached hydrogen (secondary N) is 1. The molecule has 1 saturated heterocycles. The highest BCUT2D eigenvalue weighted by atomic mass is 19.1. The maximum atomic E-state index is 14.1. The van der Waals surface area contributed by atoms with E-state index in [0.29, 0.717) is 24.3 Å². The van der Waals surface area contributed by atoms with Crippen LogP contribution in [-0.2, 0) is 11.3 Å². The van der Waals surface area contributed by atoms with Crippen molar-refractivity contribution in [3.63, 3.8) is 0 Å². The Morgan fingerprint density at radius 2 is 1.85 bits per heavy atom. The van der Waals surface area contributed by atoms with E-state index in [9.17, 15) is 9.18 Å². The van der Waals surface area contributed by atoms with Crippen LogP contribution in [0.1, 0.15) is 32.9 Å². The number of morpholine rings is 1. The summed E-state index contributed by atoms with van der Waals surface area (Å²) in [7, 11) is 0. The predicted molar refractivity (Wildman–Crippen MR) is 104 cm³/mol. The third kappa shape index (κ3) is 4.39. The van der Waals surface area contributed by atoms with Gasteiger partial charge in [0.15, 0.2) is 0 Å². The molecule has 1 amide bonds. The Balaban J connectivity index is 1.74. The first-order chi connectivity index (χ1) is 13.0. The van der Waals surface area contributed by atoms with Crippen molar-refractivity contribution in [3.8, 4) is 0 Å². The Morgan fingerprint density at radius 1 is 1.15 bits per heavy atom. The van der Waals surface area contributed by atoms with Crippen LogP contribution in [0.5, 0.6) is 0 Å². The van der Waals surface area contributed by atoms with Gasteiger partial charge in [0.25, 0.3) is 5.91 Å². The number of benzene rings is 1. The number of hydrogen-bond acceptors (Lipinski definition) is 3. The summed E-state index contributed by atoms with van der Waals surface area (Å²) in [5, 5.41) is 3.03. The number of aromatic nitrogens is 1. The zero-order valence-electron chi connectivity index (χ0n) is 16.3. The van der Waals surface area contributed by atoms with E-state index in [0.717, 1.165) is 49.7 Å². The van der Waals surface area contributed by atoms with Gasteiger partial charge in [-0.3, -0.25) is 9.69 Å². The number of amides is 1. The number of rotatable bonds is 6. The van der Waals surface area contributed by atoms with Crippen molar-refractivity contribution >= 4 is 5.91 Å². The molecule has 2 aromatic rings. The van der Waals surface area contributed by atoms with Gasteiger partial charge in [-0.05, 0) is 38.0 Å². The van der Waals surface area contributed by atoms with E-state index in [1.54, 1.807) is 12.1 Å². The Bertz CT molecular complexity index is 810. The van der Waals surface area contributed by atoms with Gasteiger partial charge in [-0.25, -0.2) is 4.39 Å². The van der Waals surface area contributed by atoms with Crippen LogP contribution in [0.25, 0.3) is 0 Å². The molecule has 0 aliphatic carbocycles. The van der Waals surface area contributed by atoms with Crippen LogP contribution in [0.15, 0.2) is 24.3 Å². The van der Waals surface area contributed by atoms with Gasteiger partial charge in [0.2, 0.25) is 0 Å². The molecule has 1 aliphatic rings. The van der Waals surface area contributed by atoms with Crippen LogP contribution < -0.4 is 5.32 Å². The lowest BCUT2D eigenvalue weighted by molar-refractivity contribution is 0.0383. The summed E-state index contributed by atoms with van der Waals surface area (Å²) < 4.78 is 21.4. The topological polar surface area (TPSA) is 46.5 Å².